The third-order valence-electron chi connectivity index (χ3n) is 7.29. The van der Waals surface area contributed by atoms with E-state index in [0.717, 1.165) is 55.1 Å². The number of aryl methyl sites for hydroxylation is 3. The molecule has 0 aliphatic rings. The Bertz CT molecular complexity index is 1210. The molecule has 0 aliphatic heterocycles. The van der Waals surface area contributed by atoms with Gasteiger partial charge >= 0.3 is 5.97 Å². The Morgan fingerprint density at radius 3 is 2.23 bits per heavy atom. The first-order valence-electron chi connectivity index (χ1n) is 14.5. The summed E-state index contributed by atoms with van der Waals surface area (Å²) in [5.41, 5.74) is 8.18. The Morgan fingerprint density at radius 2 is 1.55 bits per heavy atom. The van der Waals surface area contributed by atoms with Crippen LogP contribution in [-0.2, 0) is 28.8 Å². The highest BCUT2D eigenvalue weighted by atomic mass is 16.6. The summed E-state index contributed by atoms with van der Waals surface area (Å²) < 4.78 is 11.3. The van der Waals surface area contributed by atoms with Crippen molar-refractivity contribution in [3.63, 3.8) is 0 Å². The van der Waals surface area contributed by atoms with Gasteiger partial charge in [0.25, 0.3) is 0 Å². The Hall–Kier alpha value is -3.41. The van der Waals surface area contributed by atoms with E-state index >= 15 is 0 Å². The molecular formula is C35H44O5. The number of carbonyl (C=O) groups is 1. The third-order valence-corrected chi connectivity index (χ3v) is 7.29. The van der Waals surface area contributed by atoms with Crippen molar-refractivity contribution in [2.45, 2.75) is 58.8 Å². The summed E-state index contributed by atoms with van der Waals surface area (Å²) in [5.74, 6) is 0.278. The fraction of sp³-hybridized carbons (Fsp3) is 0.400. The predicted octanol–water partition coefficient (Wildman–Crippen LogP) is 6.96. The van der Waals surface area contributed by atoms with Gasteiger partial charge in [-0.1, -0.05) is 87.9 Å². The van der Waals surface area contributed by atoms with Crippen LogP contribution in [0.4, 0.5) is 0 Å². The maximum atomic E-state index is 11.4. The van der Waals surface area contributed by atoms with Crippen LogP contribution in [-0.4, -0.2) is 42.6 Å². The first kappa shape index (κ1) is 31.1. The number of benzene rings is 3. The van der Waals surface area contributed by atoms with Crippen molar-refractivity contribution in [1.29, 1.82) is 0 Å². The first-order valence-corrected chi connectivity index (χ1v) is 14.5. The van der Waals surface area contributed by atoms with Crippen LogP contribution in [0.15, 0.2) is 73.3 Å². The van der Waals surface area contributed by atoms with Crippen LogP contribution in [0.2, 0.25) is 0 Å². The highest BCUT2D eigenvalue weighted by Crippen LogP contribution is 2.35. The first-order chi connectivity index (χ1) is 19.5. The van der Waals surface area contributed by atoms with Crippen LogP contribution >= 0.6 is 0 Å². The van der Waals surface area contributed by atoms with Crippen LogP contribution in [0.25, 0.3) is 22.3 Å². The smallest absolute Gasteiger partial charge is 0.330 e. The summed E-state index contributed by atoms with van der Waals surface area (Å²) in [6.45, 7) is 8.27. The Labute approximate surface area is 239 Å². The summed E-state index contributed by atoms with van der Waals surface area (Å²) in [6.07, 6.45) is 8.17. The molecule has 0 heterocycles. The van der Waals surface area contributed by atoms with Gasteiger partial charge in [-0.15, -0.1) is 0 Å². The van der Waals surface area contributed by atoms with Gasteiger partial charge in [-0.3, -0.25) is 0 Å². The minimum atomic E-state index is -0.451. The van der Waals surface area contributed by atoms with Crippen molar-refractivity contribution < 1.29 is 24.5 Å². The number of rotatable bonds is 17. The molecule has 0 amide bonds. The van der Waals surface area contributed by atoms with Crippen LogP contribution < -0.4 is 4.74 Å². The Morgan fingerprint density at radius 1 is 0.850 bits per heavy atom. The van der Waals surface area contributed by atoms with Crippen LogP contribution in [0, 0.1) is 5.92 Å². The van der Waals surface area contributed by atoms with Gasteiger partial charge in [0.2, 0.25) is 0 Å². The highest BCUT2D eigenvalue weighted by Gasteiger charge is 2.13. The quantitative estimate of drug-likeness (QED) is 0.109. The van der Waals surface area contributed by atoms with Crippen LogP contribution in [0.5, 0.6) is 5.75 Å². The van der Waals surface area contributed by atoms with E-state index in [4.69, 9.17) is 9.47 Å². The highest BCUT2D eigenvalue weighted by molar-refractivity contribution is 5.81. The lowest BCUT2D eigenvalue weighted by Crippen LogP contribution is -2.11. The summed E-state index contributed by atoms with van der Waals surface area (Å²) in [4.78, 5) is 11.4. The van der Waals surface area contributed by atoms with E-state index < -0.39 is 5.97 Å². The number of hydrogen-bond donors (Lipinski definition) is 2. The maximum Gasteiger partial charge on any atom is 0.330 e. The number of aliphatic hydroxyl groups is 2. The maximum absolute atomic E-state index is 11.4. The zero-order chi connectivity index (χ0) is 28.7. The molecule has 0 aromatic heterocycles. The van der Waals surface area contributed by atoms with Gasteiger partial charge in [0.05, 0.1) is 0 Å². The van der Waals surface area contributed by atoms with Crippen molar-refractivity contribution in [2.24, 2.45) is 5.92 Å². The number of esters is 1. The molecule has 0 radical (unpaired) electrons. The third kappa shape index (κ3) is 9.07. The molecule has 2 N–H and O–H groups in total. The molecule has 3 aromatic rings. The van der Waals surface area contributed by atoms with Gasteiger partial charge in [0.1, 0.15) is 19.0 Å². The fourth-order valence-corrected chi connectivity index (χ4v) is 4.81. The van der Waals surface area contributed by atoms with Crippen molar-refractivity contribution in [2.75, 3.05) is 26.4 Å². The number of carbonyl (C=O) groups excluding carboxylic acids is 1. The zero-order valence-corrected chi connectivity index (χ0v) is 24.0. The van der Waals surface area contributed by atoms with E-state index in [1.807, 2.05) is 0 Å². The lowest BCUT2D eigenvalue weighted by molar-refractivity contribution is -0.138. The lowest BCUT2D eigenvalue weighted by Gasteiger charge is -2.16. The molecule has 0 unspecified atom stereocenters. The van der Waals surface area contributed by atoms with Crippen molar-refractivity contribution in [3.05, 3.63) is 90.0 Å². The average molecular weight is 545 g/mol. The second-order valence-electron chi connectivity index (χ2n) is 10.2. The van der Waals surface area contributed by atoms with E-state index in [1.54, 1.807) is 0 Å². The van der Waals surface area contributed by atoms with Gasteiger partial charge < -0.3 is 19.7 Å². The largest absolute Gasteiger partial charge is 0.489 e. The van der Waals surface area contributed by atoms with E-state index in [-0.39, 0.29) is 32.3 Å². The van der Waals surface area contributed by atoms with Crippen molar-refractivity contribution >= 4 is 5.97 Å². The van der Waals surface area contributed by atoms with Gasteiger partial charge in [0.15, 0.2) is 0 Å². The molecule has 3 rings (SSSR count). The molecule has 0 saturated heterocycles. The van der Waals surface area contributed by atoms with E-state index in [2.05, 4.69) is 81.1 Å². The molecule has 5 nitrogen and oxygen atoms in total. The summed E-state index contributed by atoms with van der Waals surface area (Å²) in [7, 11) is 0. The molecule has 0 saturated carbocycles. The molecule has 214 valence electrons. The molecule has 0 atom stereocenters. The molecule has 40 heavy (non-hydrogen) atoms. The number of unbranched alkanes of at least 4 members (excludes halogenated alkanes) is 2. The Kier molecular flexibility index (Phi) is 12.9. The van der Waals surface area contributed by atoms with Crippen LogP contribution in [0.3, 0.4) is 0 Å². The lowest BCUT2D eigenvalue weighted by atomic mass is 9.92. The average Bonchev–Trinajstić information content (AvgIpc) is 3.00. The summed E-state index contributed by atoms with van der Waals surface area (Å²) >= 11 is 0. The van der Waals surface area contributed by atoms with Gasteiger partial charge in [-0.2, -0.15) is 0 Å². The minimum absolute atomic E-state index is 0.0118. The van der Waals surface area contributed by atoms with E-state index in [9.17, 15) is 15.0 Å². The van der Waals surface area contributed by atoms with E-state index in [1.165, 1.54) is 40.7 Å². The molecular weight excluding hydrogens is 500 g/mol. The normalized spacial score (nSPS) is 11.0. The minimum Gasteiger partial charge on any atom is -0.489 e. The molecule has 0 bridgehead atoms. The second-order valence-corrected chi connectivity index (χ2v) is 10.2. The number of aliphatic hydroxyl groups excluding tert-OH is 2. The monoisotopic (exact) mass is 544 g/mol. The topological polar surface area (TPSA) is 76.0 Å². The fourth-order valence-electron chi connectivity index (χ4n) is 4.81. The summed E-state index contributed by atoms with van der Waals surface area (Å²) in [5, 5.41) is 18.7. The molecule has 5 heteroatoms. The molecule has 0 fully saturated rings. The Balaban J connectivity index is 1.83. The SMILES string of the molecule is C=CC(=O)OCCOc1cc(CCCCC)ccc1-c1ccc(-c2ccc(CCC(CO)CO)cc2)c(CC)c1. The van der Waals surface area contributed by atoms with Gasteiger partial charge in [0, 0.05) is 30.8 Å². The zero-order valence-electron chi connectivity index (χ0n) is 24.0. The second kappa shape index (κ2) is 16.6. The molecule has 3 aromatic carbocycles. The van der Waals surface area contributed by atoms with Gasteiger partial charge in [-0.05, 0) is 71.6 Å². The van der Waals surface area contributed by atoms with Crippen molar-refractivity contribution in [3.8, 4) is 28.0 Å². The summed E-state index contributed by atoms with van der Waals surface area (Å²) in [6, 6.07) is 21.6. The number of ether oxygens (including phenoxy) is 2. The number of hydrogen-bond acceptors (Lipinski definition) is 5. The van der Waals surface area contributed by atoms with Gasteiger partial charge in [-0.25, -0.2) is 4.79 Å². The molecule has 0 spiro atoms. The van der Waals surface area contributed by atoms with Crippen LogP contribution in [0.1, 0.15) is 56.2 Å². The standard InChI is InChI=1S/C35H44O5/c1-4-7-8-9-27-14-18-33(34(22-27)39-20-21-40-35(38)6-3)31-17-19-32(29(5-2)23-31)30-15-12-26(13-16-30)10-11-28(24-36)25-37/h6,12-19,22-23,28,36-37H,3-5,7-11,20-21,24-25H2,1-2H3. The van der Waals surface area contributed by atoms with Crippen molar-refractivity contribution in [1.82, 2.24) is 0 Å². The van der Waals surface area contributed by atoms with E-state index in [0.29, 0.717) is 0 Å². The predicted molar refractivity (Wildman–Crippen MR) is 163 cm³/mol. The molecule has 0 aliphatic carbocycles.